The normalized spacial score (nSPS) is 10.4. The molecule has 0 fully saturated rings. The first-order valence-corrected chi connectivity index (χ1v) is 7.16. The summed E-state index contributed by atoms with van der Waals surface area (Å²) in [7, 11) is 0. The van der Waals surface area contributed by atoms with Crippen LogP contribution in [0.1, 0.15) is 27.7 Å². The summed E-state index contributed by atoms with van der Waals surface area (Å²) in [5.74, 6) is -0.182. The molecule has 0 saturated heterocycles. The Balaban J connectivity index is 1.91. The van der Waals surface area contributed by atoms with Gasteiger partial charge in [0.15, 0.2) is 0 Å². The van der Waals surface area contributed by atoms with E-state index in [9.17, 15) is 4.79 Å². The summed E-state index contributed by atoms with van der Waals surface area (Å²) in [6.07, 6.45) is 1.62. The highest BCUT2D eigenvalue weighted by atomic mass is 16.1. The quantitative estimate of drug-likeness (QED) is 0.797. The minimum absolute atomic E-state index is 0.182. The third-order valence-electron chi connectivity index (χ3n) is 3.44. The van der Waals surface area contributed by atoms with Gasteiger partial charge in [0.05, 0.1) is 6.04 Å². The zero-order chi connectivity index (χ0) is 15.2. The van der Waals surface area contributed by atoms with E-state index < -0.39 is 0 Å². The monoisotopic (exact) mass is 288 g/mol. The van der Waals surface area contributed by atoms with Gasteiger partial charge in [0.25, 0.3) is 5.91 Å². The molecule has 1 N–H and O–H groups in total. The Morgan fingerprint density at radius 2 is 1.32 bits per heavy atom. The molecule has 0 aliphatic carbocycles. The Morgan fingerprint density at radius 3 is 1.82 bits per heavy atom. The van der Waals surface area contributed by atoms with Crippen molar-refractivity contribution >= 4 is 5.91 Å². The number of amides is 1. The summed E-state index contributed by atoms with van der Waals surface area (Å²) < 4.78 is 0. The molecule has 2 aromatic carbocycles. The Kier molecular flexibility index (Phi) is 4.25. The lowest BCUT2D eigenvalue weighted by atomic mass is 9.98. The van der Waals surface area contributed by atoms with E-state index in [0.717, 1.165) is 11.1 Å². The second kappa shape index (κ2) is 6.68. The van der Waals surface area contributed by atoms with E-state index in [2.05, 4.69) is 10.3 Å². The molecule has 0 spiro atoms. The maximum absolute atomic E-state index is 12.4. The molecule has 0 aliphatic rings. The molecule has 0 unspecified atom stereocenters. The molecule has 0 radical (unpaired) electrons. The lowest BCUT2D eigenvalue weighted by molar-refractivity contribution is 0.0938. The van der Waals surface area contributed by atoms with Crippen LogP contribution < -0.4 is 5.32 Å². The second-order valence-corrected chi connectivity index (χ2v) is 4.94. The van der Waals surface area contributed by atoms with Crippen molar-refractivity contribution in [2.24, 2.45) is 0 Å². The van der Waals surface area contributed by atoms with Gasteiger partial charge in [0.2, 0.25) is 0 Å². The Labute approximate surface area is 129 Å². The predicted octanol–water partition coefficient (Wildman–Crippen LogP) is 3.60. The van der Waals surface area contributed by atoms with Gasteiger partial charge in [-0.2, -0.15) is 0 Å². The fourth-order valence-electron chi connectivity index (χ4n) is 2.35. The predicted molar refractivity (Wildman–Crippen MR) is 86.4 cm³/mol. The van der Waals surface area contributed by atoms with Crippen molar-refractivity contribution in [3.63, 3.8) is 0 Å². The molecule has 0 atom stereocenters. The topological polar surface area (TPSA) is 42.0 Å². The molecule has 1 heterocycles. The molecule has 3 rings (SSSR count). The van der Waals surface area contributed by atoms with E-state index in [4.69, 9.17) is 0 Å². The van der Waals surface area contributed by atoms with Crippen LogP contribution in [0.3, 0.4) is 0 Å². The number of aromatic nitrogens is 1. The average molecular weight is 288 g/mol. The average Bonchev–Trinajstić information content (AvgIpc) is 2.62. The lowest BCUT2D eigenvalue weighted by Crippen LogP contribution is -2.29. The summed E-state index contributed by atoms with van der Waals surface area (Å²) in [6, 6.07) is 25.0. The fourth-order valence-corrected chi connectivity index (χ4v) is 2.35. The molecule has 0 bridgehead atoms. The van der Waals surface area contributed by atoms with E-state index in [-0.39, 0.29) is 11.9 Å². The van der Waals surface area contributed by atoms with Crippen molar-refractivity contribution in [2.75, 3.05) is 0 Å². The Morgan fingerprint density at radius 1 is 0.773 bits per heavy atom. The number of hydrogen-bond donors (Lipinski definition) is 1. The number of rotatable bonds is 4. The molecule has 108 valence electrons. The SMILES string of the molecule is O=C(NC(c1ccccc1)c1ccccc1)c1ccccn1. The van der Waals surface area contributed by atoms with E-state index in [0.29, 0.717) is 5.69 Å². The van der Waals surface area contributed by atoms with Crippen molar-refractivity contribution in [1.82, 2.24) is 10.3 Å². The number of carbonyl (C=O) groups excluding carboxylic acids is 1. The number of nitrogens with one attached hydrogen (secondary N) is 1. The molecule has 1 aromatic heterocycles. The summed E-state index contributed by atoms with van der Waals surface area (Å²) >= 11 is 0. The van der Waals surface area contributed by atoms with Crippen LogP contribution in [0, 0.1) is 0 Å². The van der Waals surface area contributed by atoms with Gasteiger partial charge in [-0.3, -0.25) is 9.78 Å². The van der Waals surface area contributed by atoms with Crippen molar-refractivity contribution in [1.29, 1.82) is 0 Å². The van der Waals surface area contributed by atoms with E-state index >= 15 is 0 Å². The van der Waals surface area contributed by atoms with E-state index in [1.54, 1.807) is 18.3 Å². The zero-order valence-electron chi connectivity index (χ0n) is 12.0. The Hall–Kier alpha value is -2.94. The standard InChI is InChI=1S/C19H16N2O/c22-19(17-13-7-8-14-20-17)21-18(15-9-3-1-4-10-15)16-11-5-2-6-12-16/h1-14,18H,(H,21,22). The number of pyridine rings is 1. The number of hydrogen-bond acceptors (Lipinski definition) is 2. The number of carbonyl (C=O) groups is 1. The second-order valence-electron chi connectivity index (χ2n) is 4.94. The molecule has 22 heavy (non-hydrogen) atoms. The van der Waals surface area contributed by atoms with Crippen LogP contribution in [0.5, 0.6) is 0 Å². The Bertz CT molecular complexity index is 688. The van der Waals surface area contributed by atoms with Crippen LogP contribution in [0.2, 0.25) is 0 Å². The van der Waals surface area contributed by atoms with Crippen molar-refractivity contribution in [3.8, 4) is 0 Å². The molecule has 3 heteroatoms. The van der Waals surface area contributed by atoms with Crippen LogP contribution in [-0.4, -0.2) is 10.9 Å². The minimum atomic E-state index is -0.197. The van der Waals surface area contributed by atoms with Crippen LogP contribution in [0.25, 0.3) is 0 Å². The van der Waals surface area contributed by atoms with Gasteiger partial charge in [-0.25, -0.2) is 0 Å². The molecule has 0 aliphatic heterocycles. The van der Waals surface area contributed by atoms with E-state index in [1.807, 2.05) is 66.7 Å². The van der Waals surface area contributed by atoms with Gasteiger partial charge in [-0.1, -0.05) is 66.7 Å². The largest absolute Gasteiger partial charge is 0.340 e. The number of benzene rings is 2. The molecule has 3 aromatic rings. The summed E-state index contributed by atoms with van der Waals surface area (Å²) in [4.78, 5) is 16.5. The first-order valence-electron chi connectivity index (χ1n) is 7.16. The van der Waals surface area contributed by atoms with Crippen LogP contribution in [0.15, 0.2) is 85.1 Å². The first kappa shape index (κ1) is 14.0. The van der Waals surface area contributed by atoms with Gasteiger partial charge < -0.3 is 5.32 Å². The highest BCUT2D eigenvalue weighted by Gasteiger charge is 2.17. The maximum Gasteiger partial charge on any atom is 0.270 e. The number of nitrogens with zero attached hydrogens (tertiary/aromatic N) is 1. The summed E-state index contributed by atoms with van der Waals surface area (Å²) in [6.45, 7) is 0. The minimum Gasteiger partial charge on any atom is -0.340 e. The van der Waals surface area contributed by atoms with Crippen molar-refractivity contribution < 1.29 is 4.79 Å². The van der Waals surface area contributed by atoms with Gasteiger partial charge in [-0.15, -0.1) is 0 Å². The van der Waals surface area contributed by atoms with Crippen LogP contribution in [0.4, 0.5) is 0 Å². The lowest BCUT2D eigenvalue weighted by Gasteiger charge is -2.19. The van der Waals surface area contributed by atoms with Crippen LogP contribution in [-0.2, 0) is 0 Å². The smallest absolute Gasteiger partial charge is 0.270 e. The van der Waals surface area contributed by atoms with Gasteiger partial charge in [0.1, 0.15) is 5.69 Å². The fraction of sp³-hybridized carbons (Fsp3) is 0.0526. The highest BCUT2D eigenvalue weighted by Crippen LogP contribution is 2.22. The van der Waals surface area contributed by atoms with E-state index in [1.165, 1.54) is 0 Å². The molecular weight excluding hydrogens is 272 g/mol. The molecule has 1 amide bonds. The summed E-state index contributed by atoms with van der Waals surface area (Å²) in [5, 5.41) is 3.06. The third-order valence-corrected chi connectivity index (χ3v) is 3.44. The van der Waals surface area contributed by atoms with Gasteiger partial charge in [0, 0.05) is 6.20 Å². The van der Waals surface area contributed by atoms with Gasteiger partial charge >= 0.3 is 0 Å². The highest BCUT2D eigenvalue weighted by molar-refractivity contribution is 5.92. The van der Waals surface area contributed by atoms with Crippen molar-refractivity contribution in [2.45, 2.75) is 6.04 Å². The summed E-state index contributed by atoms with van der Waals surface area (Å²) in [5.41, 5.74) is 2.50. The molecule has 0 saturated carbocycles. The first-order chi connectivity index (χ1) is 10.8. The van der Waals surface area contributed by atoms with Gasteiger partial charge in [-0.05, 0) is 23.3 Å². The molecule has 3 nitrogen and oxygen atoms in total. The maximum atomic E-state index is 12.4. The third kappa shape index (κ3) is 3.20. The molecular formula is C19H16N2O. The zero-order valence-corrected chi connectivity index (χ0v) is 12.0. The van der Waals surface area contributed by atoms with Crippen LogP contribution >= 0.6 is 0 Å². The van der Waals surface area contributed by atoms with Crippen molar-refractivity contribution in [3.05, 3.63) is 102 Å².